The van der Waals surface area contributed by atoms with Crippen molar-refractivity contribution in [2.75, 3.05) is 27.2 Å². The number of aliphatic imine (C=N–C) groups is 1. The molecule has 1 fully saturated rings. The first-order valence-corrected chi connectivity index (χ1v) is 10.3. The molecule has 2 N–H and O–H groups in total. The fraction of sp³-hybridized carbons (Fsp3) is 0.364. The molecule has 5 rings (SSSR count). The molecule has 0 bridgehead atoms. The molecule has 0 aliphatic carbocycles. The standard InChI is InChI=1S/C22H22ClFN4O2/c1-27-6-5-19-17(11-27)22(20(29)28(2)21(25)26-22)16-9-12(3-4-18(16)30-19)13-7-14(23)10-15(24)8-13/h3-4,7-10,17,19H,5-6,11H2,1-2H3,(H2,25,26)/t17-,19?,22?/m1/s1. The van der Waals surface area contributed by atoms with Gasteiger partial charge >= 0.3 is 0 Å². The van der Waals surface area contributed by atoms with Crippen LogP contribution < -0.4 is 10.5 Å². The Balaban J connectivity index is 1.72. The molecule has 1 spiro atoms. The van der Waals surface area contributed by atoms with Crippen molar-refractivity contribution in [2.45, 2.75) is 18.1 Å². The van der Waals surface area contributed by atoms with Gasteiger partial charge in [-0.05, 0) is 54.9 Å². The molecule has 8 heteroatoms. The lowest BCUT2D eigenvalue weighted by Crippen LogP contribution is -2.58. The largest absolute Gasteiger partial charge is 0.490 e. The number of hydrogen-bond donors (Lipinski definition) is 1. The Kier molecular flexibility index (Phi) is 4.31. The molecule has 2 aromatic carbocycles. The quantitative estimate of drug-likeness (QED) is 0.758. The molecule has 2 aromatic rings. The molecule has 30 heavy (non-hydrogen) atoms. The lowest BCUT2D eigenvalue weighted by atomic mass is 9.70. The number of halogens is 2. The maximum absolute atomic E-state index is 14.0. The number of guanidine groups is 1. The molecule has 156 valence electrons. The number of carbonyl (C=O) groups excluding carboxylic acids is 1. The van der Waals surface area contributed by atoms with E-state index in [4.69, 9.17) is 27.1 Å². The van der Waals surface area contributed by atoms with Gasteiger partial charge in [0.2, 0.25) is 0 Å². The van der Waals surface area contributed by atoms with Crippen molar-refractivity contribution >= 4 is 23.5 Å². The summed E-state index contributed by atoms with van der Waals surface area (Å²) in [5.74, 6) is 0.0516. The number of benzene rings is 2. The van der Waals surface area contributed by atoms with Crippen LogP contribution in [-0.2, 0) is 10.3 Å². The molecule has 0 saturated carbocycles. The average Bonchev–Trinajstić information content (AvgIpc) is 2.93. The molecule has 0 aromatic heterocycles. The van der Waals surface area contributed by atoms with E-state index >= 15 is 0 Å². The van der Waals surface area contributed by atoms with Crippen molar-refractivity contribution in [3.05, 3.63) is 52.8 Å². The Morgan fingerprint density at radius 1 is 1.23 bits per heavy atom. The topological polar surface area (TPSA) is 71.2 Å². The van der Waals surface area contributed by atoms with Gasteiger partial charge in [-0.1, -0.05) is 17.7 Å². The number of nitrogens with two attached hydrogens (primary N) is 1. The number of piperidine rings is 1. The summed E-state index contributed by atoms with van der Waals surface area (Å²) in [6.45, 7) is 1.55. The zero-order chi connectivity index (χ0) is 21.2. The lowest BCUT2D eigenvalue weighted by Gasteiger charge is -2.48. The molecular weight excluding hydrogens is 407 g/mol. The van der Waals surface area contributed by atoms with E-state index in [9.17, 15) is 9.18 Å². The van der Waals surface area contributed by atoms with E-state index in [0.717, 1.165) is 18.5 Å². The summed E-state index contributed by atoms with van der Waals surface area (Å²) in [5, 5.41) is 0.307. The van der Waals surface area contributed by atoms with Crippen molar-refractivity contribution in [2.24, 2.45) is 16.6 Å². The Morgan fingerprint density at radius 2 is 2.03 bits per heavy atom. The van der Waals surface area contributed by atoms with Gasteiger partial charge in [-0.25, -0.2) is 9.38 Å². The number of likely N-dealkylation sites (tertiary alicyclic amines) is 1. The Bertz CT molecular complexity index is 1070. The fourth-order valence-electron chi connectivity index (χ4n) is 4.91. The summed E-state index contributed by atoms with van der Waals surface area (Å²) in [5.41, 5.74) is 6.97. The van der Waals surface area contributed by atoms with Gasteiger partial charge in [-0.3, -0.25) is 9.69 Å². The van der Waals surface area contributed by atoms with Gasteiger partial charge in [-0.2, -0.15) is 0 Å². The highest BCUT2D eigenvalue weighted by Gasteiger charge is 2.60. The van der Waals surface area contributed by atoms with Crippen LogP contribution in [-0.4, -0.2) is 55.0 Å². The molecule has 2 unspecified atom stereocenters. The Morgan fingerprint density at radius 3 is 2.73 bits per heavy atom. The van der Waals surface area contributed by atoms with E-state index in [-0.39, 0.29) is 23.9 Å². The molecule has 3 atom stereocenters. The van der Waals surface area contributed by atoms with Crippen molar-refractivity contribution in [1.82, 2.24) is 9.80 Å². The van der Waals surface area contributed by atoms with Gasteiger partial charge in [0.1, 0.15) is 17.7 Å². The maximum Gasteiger partial charge on any atom is 0.262 e. The number of rotatable bonds is 1. The molecule has 3 aliphatic heterocycles. The van der Waals surface area contributed by atoms with Crippen LogP contribution in [0.2, 0.25) is 5.02 Å². The lowest BCUT2D eigenvalue weighted by molar-refractivity contribution is -0.137. The highest BCUT2D eigenvalue weighted by Crippen LogP contribution is 2.51. The number of ether oxygens (including phenoxy) is 1. The van der Waals surface area contributed by atoms with Crippen LogP contribution in [0.1, 0.15) is 12.0 Å². The van der Waals surface area contributed by atoms with Gasteiger partial charge in [-0.15, -0.1) is 0 Å². The van der Waals surface area contributed by atoms with Gasteiger partial charge < -0.3 is 15.4 Å². The Labute approximate surface area is 179 Å². The molecule has 1 saturated heterocycles. The summed E-state index contributed by atoms with van der Waals surface area (Å²) in [4.78, 5) is 21.9. The predicted molar refractivity (Wildman–Crippen MR) is 113 cm³/mol. The second-order valence-corrected chi connectivity index (χ2v) is 8.72. The summed E-state index contributed by atoms with van der Waals surface area (Å²) in [6, 6.07) is 9.91. The van der Waals surface area contributed by atoms with E-state index in [1.807, 2.05) is 25.2 Å². The van der Waals surface area contributed by atoms with Crippen molar-refractivity contribution in [3.63, 3.8) is 0 Å². The minimum Gasteiger partial charge on any atom is -0.490 e. The van der Waals surface area contributed by atoms with Gasteiger partial charge in [0, 0.05) is 36.6 Å². The fourth-order valence-corrected chi connectivity index (χ4v) is 5.13. The third kappa shape index (κ3) is 2.72. The van der Waals surface area contributed by atoms with E-state index in [1.165, 1.54) is 17.0 Å². The van der Waals surface area contributed by atoms with Crippen LogP contribution in [0.4, 0.5) is 4.39 Å². The summed E-state index contributed by atoms with van der Waals surface area (Å²) >= 11 is 6.06. The molecule has 0 radical (unpaired) electrons. The van der Waals surface area contributed by atoms with Crippen molar-refractivity contribution in [1.29, 1.82) is 0 Å². The molecule has 6 nitrogen and oxygen atoms in total. The van der Waals surface area contributed by atoms with Crippen molar-refractivity contribution < 1.29 is 13.9 Å². The molecule has 3 heterocycles. The van der Waals surface area contributed by atoms with E-state index in [0.29, 0.717) is 28.4 Å². The second-order valence-electron chi connectivity index (χ2n) is 8.28. The predicted octanol–water partition coefficient (Wildman–Crippen LogP) is 2.84. The van der Waals surface area contributed by atoms with Crippen LogP contribution in [0.15, 0.2) is 41.4 Å². The summed E-state index contributed by atoms with van der Waals surface area (Å²) in [7, 11) is 3.67. The van der Waals surface area contributed by atoms with Crippen LogP contribution in [0.5, 0.6) is 5.75 Å². The van der Waals surface area contributed by atoms with Crippen LogP contribution >= 0.6 is 11.6 Å². The van der Waals surface area contributed by atoms with Gasteiger partial charge in [0.25, 0.3) is 5.91 Å². The SMILES string of the molecule is CN1CCC2Oc3ccc(-c4cc(F)cc(Cl)c4)cc3C3(N=C(N)N(C)C3=O)[C@@H]2C1. The van der Waals surface area contributed by atoms with E-state index < -0.39 is 11.4 Å². The second kappa shape index (κ2) is 6.68. The number of fused-ring (bicyclic) bond motifs is 4. The first kappa shape index (κ1) is 19.3. The smallest absolute Gasteiger partial charge is 0.262 e. The number of carbonyl (C=O) groups is 1. The first-order chi connectivity index (χ1) is 14.3. The monoisotopic (exact) mass is 428 g/mol. The van der Waals surface area contributed by atoms with Crippen molar-refractivity contribution in [3.8, 4) is 16.9 Å². The van der Waals surface area contributed by atoms with Gasteiger partial charge in [0.05, 0.1) is 0 Å². The summed E-state index contributed by atoms with van der Waals surface area (Å²) < 4.78 is 20.3. The number of likely N-dealkylation sites (N-methyl/N-ethyl adjacent to an activating group) is 1. The van der Waals surface area contributed by atoms with E-state index in [1.54, 1.807) is 13.1 Å². The highest BCUT2D eigenvalue weighted by atomic mass is 35.5. The molecule has 1 amide bonds. The Hall–Kier alpha value is -2.64. The average molecular weight is 429 g/mol. The third-order valence-electron chi connectivity index (χ3n) is 6.42. The number of hydrogen-bond acceptors (Lipinski definition) is 5. The summed E-state index contributed by atoms with van der Waals surface area (Å²) in [6.07, 6.45) is 0.672. The minimum absolute atomic E-state index is 0.129. The zero-order valence-corrected chi connectivity index (χ0v) is 17.5. The molecular formula is C22H22ClFN4O2. The number of amides is 1. The van der Waals surface area contributed by atoms with Crippen LogP contribution in [0.3, 0.4) is 0 Å². The third-order valence-corrected chi connectivity index (χ3v) is 6.64. The van der Waals surface area contributed by atoms with Crippen LogP contribution in [0, 0.1) is 11.7 Å². The minimum atomic E-state index is -1.15. The van der Waals surface area contributed by atoms with E-state index in [2.05, 4.69) is 4.90 Å². The first-order valence-electron chi connectivity index (χ1n) is 9.89. The van der Waals surface area contributed by atoms with Gasteiger partial charge in [0.15, 0.2) is 11.5 Å². The molecule has 3 aliphatic rings. The normalized spacial score (nSPS) is 28.2. The number of nitrogens with zero attached hydrogens (tertiary/aromatic N) is 3. The maximum atomic E-state index is 14.0. The highest BCUT2D eigenvalue weighted by molar-refractivity contribution is 6.30. The zero-order valence-electron chi connectivity index (χ0n) is 16.7. The van der Waals surface area contributed by atoms with Crippen LogP contribution in [0.25, 0.3) is 11.1 Å².